The lowest BCUT2D eigenvalue weighted by Crippen LogP contribution is -2.12. The Hall–Kier alpha value is -2.04. The van der Waals surface area contributed by atoms with Gasteiger partial charge in [-0.2, -0.15) is 0 Å². The molecule has 1 amide bonds. The zero-order valence-corrected chi connectivity index (χ0v) is 13.9. The summed E-state index contributed by atoms with van der Waals surface area (Å²) < 4.78 is 5.04. The highest BCUT2D eigenvalue weighted by atomic mass is 35.5. The minimum absolute atomic E-state index is 0.273. The van der Waals surface area contributed by atoms with E-state index in [1.165, 1.54) is 6.07 Å². The van der Waals surface area contributed by atoms with Crippen LogP contribution in [0.1, 0.15) is 34.1 Å². The maximum absolute atomic E-state index is 12.2. The van der Waals surface area contributed by atoms with Gasteiger partial charge < -0.3 is 10.1 Å². The number of hydrogen-bond acceptors (Lipinski definition) is 3. The first-order chi connectivity index (χ1) is 11.0. The van der Waals surface area contributed by atoms with Gasteiger partial charge in [-0.25, -0.2) is 4.79 Å². The summed E-state index contributed by atoms with van der Waals surface area (Å²) in [6.07, 6.45) is 0.766. The molecule has 2 rings (SSSR count). The predicted octanol–water partition coefficient (Wildman–Crippen LogP) is 4.81. The van der Waals surface area contributed by atoms with Gasteiger partial charge in [0, 0.05) is 10.7 Å². The van der Waals surface area contributed by atoms with Crippen LogP contribution >= 0.6 is 23.2 Å². The lowest BCUT2D eigenvalue weighted by molar-refractivity contribution is 0.0505. The molecule has 0 aliphatic carbocycles. The van der Waals surface area contributed by atoms with Crippen molar-refractivity contribution in [2.24, 2.45) is 0 Å². The van der Waals surface area contributed by atoms with Gasteiger partial charge in [0.2, 0.25) is 0 Å². The van der Waals surface area contributed by atoms with E-state index in [0.29, 0.717) is 28.4 Å². The highest BCUT2D eigenvalue weighted by Crippen LogP contribution is 2.22. The largest absolute Gasteiger partial charge is 0.462 e. The zero-order chi connectivity index (χ0) is 16.8. The molecule has 0 fully saturated rings. The van der Waals surface area contributed by atoms with E-state index >= 15 is 0 Å². The van der Waals surface area contributed by atoms with Crippen LogP contribution in [0.15, 0.2) is 42.5 Å². The number of anilines is 1. The molecule has 0 heterocycles. The SMILES string of the molecule is CCCOC(=O)c1ccc(NC(=O)c2ccc(Cl)cc2Cl)cc1. The van der Waals surface area contributed by atoms with Crippen molar-refractivity contribution in [2.75, 3.05) is 11.9 Å². The van der Waals surface area contributed by atoms with E-state index in [2.05, 4.69) is 5.32 Å². The van der Waals surface area contributed by atoms with E-state index < -0.39 is 0 Å². The Balaban J connectivity index is 2.05. The van der Waals surface area contributed by atoms with Gasteiger partial charge >= 0.3 is 5.97 Å². The third-order valence-electron chi connectivity index (χ3n) is 2.99. The molecule has 120 valence electrons. The van der Waals surface area contributed by atoms with Crippen LogP contribution in [0.3, 0.4) is 0 Å². The van der Waals surface area contributed by atoms with Crippen LogP contribution in [-0.2, 0) is 4.74 Å². The summed E-state index contributed by atoms with van der Waals surface area (Å²) in [5.74, 6) is -0.738. The standard InChI is InChI=1S/C17H15Cl2NO3/c1-2-9-23-17(22)11-3-6-13(7-4-11)20-16(21)14-8-5-12(18)10-15(14)19/h3-8,10H,2,9H2,1H3,(H,20,21). The second kappa shape index (κ2) is 7.99. The Labute approximate surface area is 144 Å². The number of benzene rings is 2. The molecule has 0 aromatic heterocycles. The number of halogens is 2. The molecule has 2 aromatic carbocycles. The summed E-state index contributed by atoms with van der Waals surface area (Å²) in [5, 5.41) is 3.44. The number of amides is 1. The van der Waals surface area contributed by atoms with Gasteiger partial charge in [0.15, 0.2) is 0 Å². The van der Waals surface area contributed by atoms with E-state index in [1.54, 1.807) is 36.4 Å². The topological polar surface area (TPSA) is 55.4 Å². The molecule has 1 N–H and O–H groups in total. The van der Waals surface area contributed by atoms with Crippen molar-refractivity contribution >= 4 is 40.8 Å². The summed E-state index contributed by atoms with van der Waals surface area (Å²) in [6, 6.07) is 11.1. The molecule has 0 saturated carbocycles. The van der Waals surface area contributed by atoms with E-state index in [0.717, 1.165) is 6.42 Å². The van der Waals surface area contributed by atoms with Gasteiger partial charge in [0.05, 0.1) is 22.8 Å². The maximum Gasteiger partial charge on any atom is 0.338 e. The molecule has 0 unspecified atom stereocenters. The van der Waals surface area contributed by atoms with Crippen LogP contribution in [0, 0.1) is 0 Å². The number of carbonyl (C=O) groups excluding carboxylic acids is 2. The minimum atomic E-state index is -0.384. The zero-order valence-electron chi connectivity index (χ0n) is 12.4. The Morgan fingerprint density at radius 1 is 1.09 bits per heavy atom. The van der Waals surface area contributed by atoms with E-state index in [-0.39, 0.29) is 16.9 Å². The minimum Gasteiger partial charge on any atom is -0.462 e. The fraction of sp³-hybridized carbons (Fsp3) is 0.176. The Kier molecular flexibility index (Phi) is 6.02. The molecule has 4 nitrogen and oxygen atoms in total. The molecular formula is C17H15Cl2NO3. The summed E-state index contributed by atoms with van der Waals surface area (Å²) in [7, 11) is 0. The van der Waals surface area contributed by atoms with Crippen LogP contribution in [0.25, 0.3) is 0 Å². The highest BCUT2D eigenvalue weighted by Gasteiger charge is 2.12. The number of esters is 1. The summed E-state index contributed by atoms with van der Waals surface area (Å²) >= 11 is 11.8. The first-order valence-corrected chi connectivity index (χ1v) is 7.80. The molecule has 23 heavy (non-hydrogen) atoms. The summed E-state index contributed by atoms with van der Waals surface area (Å²) in [6.45, 7) is 2.31. The van der Waals surface area contributed by atoms with Gasteiger partial charge in [0.1, 0.15) is 0 Å². The molecule has 0 aliphatic heterocycles. The number of carbonyl (C=O) groups is 2. The van der Waals surface area contributed by atoms with E-state index in [9.17, 15) is 9.59 Å². The van der Waals surface area contributed by atoms with E-state index in [1.807, 2.05) is 6.92 Å². The molecule has 2 aromatic rings. The monoisotopic (exact) mass is 351 g/mol. The van der Waals surface area contributed by atoms with Gasteiger partial charge in [-0.05, 0) is 48.9 Å². The molecule has 0 radical (unpaired) electrons. The average Bonchev–Trinajstić information content (AvgIpc) is 2.53. The molecular weight excluding hydrogens is 337 g/mol. The number of hydrogen-bond donors (Lipinski definition) is 1. The fourth-order valence-corrected chi connectivity index (χ4v) is 2.33. The normalized spacial score (nSPS) is 10.2. The molecule has 0 atom stereocenters. The lowest BCUT2D eigenvalue weighted by Gasteiger charge is -2.08. The lowest BCUT2D eigenvalue weighted by atomic mass is 10.2. The first-order valence-electron chi connectivity index (χ1n) is 7.05. The van der Waals surface area contributed by atoms with Crippen molar-refractivity contribution in [1.82, 2.24) is 0 Å². The van der Waals surface area contributed by atoms with Crippen molar-refractivity contribution in [1.29, 1.82) is 0 Å². The molecule has 0 spiro atoms. The number of rotatable bonds is 5. The number of ether oxygens (including phenoxy) is 1. The van der Waals surface area contributed by atoms with Gasteiger partial charge in [-0.15, -0.1) is 0 Å². The van der Waals surface area contributed by atoms with Crippen molar-refractivity contribution in [2.45, 2.75) is 13.3 Å². The van der Waals surface area contributed by atoms with Crippen LogP contribution in [0.4, 0.5) is 5.69 Å². The van der Waals surface area contributed by atoms with Gasteiger partial charge in [-0.3, -0.25) is 4.79 Å². The van der Waals surface area contributed by atoms with Crippen LogP contribution in [0.5, 0.6) is 0 Å². The maximum atomic E-state index is 12.2. The van der Waals surface area contributed by atoms with Crippen LogP contribution in [0.2, 0.25) is 10.0 Å². The fourth-order valence-electron chi connectivity index (χ4n) is 1.84. The quantitative estimate of drug-likeness (QED) is 0.786. The summed E-state index contributed by atoms with van der Waals surface area (Å²) in [4.78, 5) is 23.9. The first kappa shape index (κ1) is 17.3. The second-order valence-corrected chi connectivity index (χ2v) is 5.64. The molecule has 6 heteroatoms. The van der Waals surface area contributed by atoms with E-state index in [4.69, 9.17) is 27.9 Å². The van der Waals surface area contributed by atoms with Crippen LogP contribution in [-0.4, -0.2) is 18.5 Å². The number of nitrogens with one attached hydrogen (secondary N) is 1. The third kappa shape index (κ3) is 4.71. The smallest absolute Gasteiger partial charge is 0.338 e. The summed E-state index contributed by atoms with van der Waals surface area (Å²) in [5.41, 5.74) is 1.30. The average molecular weight is 352 g/mol. The Bertz CT molecular complexity index is 714. The highest BCUT2D eigenvalue weighted by molar-refractivity contribution is 6.37. The van der Waals surface area contributed by atoms with Gasteiger partial charge in [0.25, 0.3) is 5.91 Å². The predicted molar refractivity (Wildman–Crippen MR) is 91.4 cm³/mol. The van der Waals surface area contributed by atoms with Gasteiger partial charge in [-0.1, -0.05) is 30.1 Å². The second-order valence-electron chi connectivity index (χ2n) is 4.79. The Morgan fingerprint density at radius 2 is 1.78 bits per heavy atom. The van der Waals surface area contributed by atoms with Crippen molar-refractivity contribution in [3.63, 3.8) is 0 Å². The van der Waals surface area contributed by atoms with Crippen molar-refractivity contribution in [3.05, 3.63) is 63.6 Å². The molecule has 0 bridgehead atoms. The molecule has 0 aliphatic rings. The van der Waals surface area contributed by atoms with Crippen LogP contribution < -0.4 is 5.32 Å². The van der Waals surface area contributed by atoms with Crippen molar-refractivity contribution in [3.8, 4) is 0 Å². The van der Waals surface area contributed by atoms with Crippen molar-refractivity contribution < 1.29 is 14.3 Å². The molecule has 0 saturated heterocycles. The Morgan fingerprint density at radius 3 is 2.39 bits per heavy atom. The third-order valence-corrected chi connectivity index (χ3v) is 3.54.